The monoisotopic (exact) mass is 336 g/mol. The van der Waals surface area contributed by atoms with Gasteiger partial charge >= 0.3 is 0 Å². The highest BCUT2D eigenvalue weighted by Crippen LogP contribution is 2.20. The van der Waals surface area contributed by atoms with Crippen LogP contribution in [0.5, 0.6) is 5.75 Å². The number of rotatable bonds is 5. The number of piperazine rings is 1. The van der Waals surface area contributed by atoms with Gasteiger partial charge in [0, 0.05) is 32.7 Å². The molecule has 0 saturated carbocycles. The van der Waals surface area contributed by atoms with Crippen LogP contribution in [0.25, 0.3) is 6.08 Å². The molecule has 0 radical (unpaired) electrons. The predicted octanol–water partition coefficient (Wildman–Crippen LogP) is 3.17. The van der Waals surface area contributed by atoms with Crippen LogP contribution in [0, 0.1) is 0 Å². The van der Waals surface area contributed by atoms with Crippen LogP contribution in [-0.4, -0.2) is 55.5 Å². The van der Waals surface area contributed by atoms with Crippen molar-refractivity contribution in [1.29, 1.82) is 0 Å². The van der Waals surface area contributed by atoms with E-state index in [0.29, 0.717) is 11.3 Å². The van der Waals surface area contributed by atoms with Gasteiger partial charge in [-0.2, -0.15) is 0 Å². The molecule has 4 heteroatoms. The van der Waals surface area contributed by atoms with Gasteiger partial charge in [0.25, 0.3) is 5.91 Å². The van der Waals surface area contributed by atoms with Gasteiger partial charge in [0.05, 0.1) is 12.7 Å². The van der Waals surface area contributed by atoms with Crippen molar-refractivity contribution in [2.75, 3.05) is 39.8 Å². The average Bonchev–Trinajstić information content (AvgIpc) is 2.69. The highest BCUT2D eigenvalue weighted by atomic mass is 16.5. The first-order chi connectivity index (χ1) is 12.3. The fourth-order valence-corrected chi connectivity index (χ4v) is 3.03. The summed E-state index contributed by atoms with van der Waals surface area (Å²) in [6.45, 7) is 4.18. The van der Waals surface area contributed by atoms with Gasteiger partial charge in [-0.15, -0.1) is 0 Å². The third kappa shape index (κ3) is 4.48. The second-order valence-corrected chi connectivity index (χ2v) is 6.11. The lowest BCUT2D eigenvalue weighted by Crippen LogP contribution is -2.48. The third-order valence-electron chi connectivity index (χ3n) is 4.47. The molecule has 4 nitrogen and oxygen atoms in total. The van der Waals surface area contributed by atoms with Crippen molar-refractivity contribution in [1.82, 2.24) is 9.80 Å². The van der Waals surface area contributed by atoms with E-state index in [4.69, 9.17) is 4.74 Å². The van der Waals surface area contributed by atoms with E-state index in [1.807, 2.05) is 47.4 Å². The second kappa shape index (κ2) is 8.49. The van der Waals surface area contributed by atoms with E-state index in [9.17, 15) is 4.79 Å². The van der Waals surface area contributed by atoms with Crippen LogP contribution in [0.15, 0.2) is 60.7 Å². The van der Waals surface area contributed by atoms with Crippen LogP contribution in [0.3, 0.4) is 0 Å². The molecule has 0 aliphatic carbocycles. The van der Waals surface area contributed by atoms with Crippen molar-refractivity contribution in [2.45, 2.75) is 0 Å². The maximum Gasteiger partial charge on any atom is 0.257 e. The fourth-order valence-electron chi connectivity index (χ4n) is 3.03. The molecule has 25 heavy (non-hydrogen) atoms. The first-order valence-electron chi connectivity index (χ1n) is 8.64. The molecule has 2 aromatic rings. The van der Waals surface area contributed by atoms with Crippen molar-refractivity contribution in [3.8, 4) is 5.75 Å². The van der Waals surface area contributed by atoms with Crippen molar-refractivity contribution in [3.63, 3.8) is 0 Å². The molecule has 1 aliphatic heterocycles. The molecule has 1 fully saturated rings. The number of hydrogen-bond acceptors (Lipinski definition) is 3. The number of ether oxygens (including phenoxy) is 1. The van der Waals surface area contributed by atoms with Gasteiger partial charge in [-0.3, -0.25) is 9.69 Å². The molecular formula is C21H24N2O2. The molecular weight excluding hydrogens is 312 g/mol. The number of nitrogens with zero attached hydrogens (tertiary/aromatic N) is 2. The van der Waals surface area contributed by atoms with E-state index in [-0.39, 0.29) is 5.91 Å². The van der Waals surface area contributed by atoms with Gasteiger partial charge in [0.1, 0.15) is 5.75 Å². The first-order valence-corrected chi connectivity index (χ1v) is 8.64. The minimum atomic E-state index is 0.0527. The smallest absolute Gasteiger partial charge is 0.257 e. The maximum absolute atomic E-state index is 12.7. The third-order valence-corrected chi connectivity index (χ3v) is 4.47. The molecule has 1 aliphatic rings. The Morgan fingerprint density at radius 2 is 1.68 bits per heavy atom. The van der Waals surface area contributed by atoms with Crippen LogP contribution < -0.4 is 4.74 Å². The van der Waals surface area contributed by atoms with Gasteiger partial charge < -0.3 is 9.64 Å². The molecule has 1 amide bonds. The van der Waals surface area contributed by atoms with Gasteiger partial charge in [-0.1, -0.05) is 54.6 Å². The molecule has 0 bridgehead atoms. The fraction of sp³-hybridized carbons (Fsp3) is 0.286. The number of benzene rings is 2. The summed E-state index contributed by atoms with van der Waals surface area (Å²) in [4.78, 5) is 17.0. The summed E-state index contributed by atoms with van der Waals surface area (Å²) in [7, 11) is 1.60. The van der Waals surface area contributed by atoms with E-state index in [1.165, 1.54) is 5.56 Å². The normalized spacial score (nSPS) is 15.5. The number of hydrogen-bond donors (Lipinski definition) is 0. The summed E-state index contributed by atoms with van der Waals surface area (Å²) in [5.41, 5.74) is 1.86. The maximum atomic E-state index is 12.7. The van der Waals surface area contributed by atoms with Crippen molar-refractivity contribution < 1.29 is 9.53 Å². The predicted molar refractivity (Wildman–Crippen MR) is 101 cm³/mol. The zero-order chi connectivity index (χ0) is 17.5. The zero-order valence-corrected chi connectivity index (χ0v) is 14.6. The van der Waals surface area contributed by atoms with E-state index in [1.54, 1.807) is 7.11 Å². The molecule has 0 aromatic heterocycles. The molecule has 3 rings (SSSR count). The zero-order valence-electron chi connectivity index (χ0n) is 14.6. The Morgan fingerprint density at radius 3 is 2.40 bits per heavy atom. The summed E-state index contributed by atoms with van der Waals surface area (Å²) in [5, 5.41) is 0. The molecule has 0 unspecified atom stereocenters. The molecule has 0 atom stereocenters. The topological polar surface area (TPSA) is 32.8 Å². The minimum absolute atomic E-state index is 0.0527. The van der Waals surface area contributed by atoms with E-state index < -0.39 is 0 Å². The molecule has 1 heterocycles. The largest absolute Gasteiger partial charge is 0.496 e. The second-order valence-electron chi connectivity index (χ2n) is 6.11. The van der Waals surface area contributed by atoms with Crippen LogP contribution in [-0.2, 0) is 0 Å². The number of methoxy groups -OCH3 is 1. The highest BCUT2D eigenvalue weighted by Gasteiger charge is 2.23. The van der Waals surface area contributed by atoms with E-state index >= 15 is 0 Å². The van der Waals surface area contributed by atoms with Gasteiger partial charge in [0.2, 0.25) is 0 Å². The summed E-state index contributed by atoms with van der Waals surface area (Å²) in [5.74, 6) is 0.692. The standard InChI is InChI=1S/C21H24N2O2/c1-25-20-12-6-5-11-19(20)21(24)23-16-14-22(15-17-23)13-7-10-18-8-3-2-4-9-18/h2-12H,13-17H2,1H3/b10-7+. The Balaban J connectivity index is 1.51. The summed E-state index contributed by atoms with van der Waals surface area (Å²) < 4.78 is 5.31. The molecule has 2 aromatic carbocycles. The van der Waals surface area contributed by atoms with Gasteiger partial charge in [0.15, 0.2) is 0 Å². The Kier molecular flexibility index (Phi) is 5.86. The quantitative estimate of drug-likeness (QED) is 0.841. The van der Waals surface area contributed by atoms with Crippen molar-refractivity contribution in [3.05, 3.63) is 71.8 Å². The minimum Gasteiger partial charge on any atom is -0.496 e. The van der Waals surface area contributed by atoms with Gasteiger partial charge in [-0.25, -0.2) is 0 Å². The lowest BCUT2D eigenvalue weighted by Gasteiger charge is -2.34. The summed E-state index contributed by atoms with van der Waals surface area (Å²) in [6, 6.07) is 17.7. The van der Waals surface area contributed by atoms with E-state index in [0.717, 1.165) is 32.7 Å². The number of para-hydroxylation sites is 1. The van der Waals surface area contributed by atoms with Crippen LogP contribution in [0.2, 0.25) is 0 Å². The molecule has 0 N–H and O–H groups in total. The van der Waals surface area contributed by atoms with Crippen LogP contribution in [0.4, 0.5) is 0 Å². The Morgan fingerprint density at radius 1 is 1.00 bits per heavy atom. The lowest BCUT2D eigenvalue weighted by atomic mass is 10.1. The highest BCUT2D eigenvalue weighted by molar-refractivity contribution is 5.97. The molecule has 0 spiro atoms. The van der Waals surface area contributed by atoms with E-state index in [2.05, 4.69) is 29.2 Å². The van der Waals surface area contributed by atoms with Crippen LogP contribution >= 0.6 is 0 Å². The molecule has 130 valence electrons. The van der Waals surface area contributed by atoms with Crippen molar-refractivity contribution >= 4 is 12.0 Å². The first kappa shape index (κ1) is 17.2. The number of carbonyl (C=O) groups is 1. The Bertz CT molecular complexity index is 720. The van der Waals surface area contributed by atoms with Crippen LogP contribution in [0.1, 0.15) is 15.9 Å². The average molecular weight is 336 g/mol. The van der Waals surface area contributed by atoms with Gasteiger partial charge in [-0.05, 0) is 17.7 Å². The summed E-state index contributed by atoms with van der Waals surface area (Å²) in [6.07, 6.45) is 4.33. The SMILES string of the molecule is COc1ccccc1C(=O)N1CCN(C/C=C/c2ccccc2)CC1. The summed E-state index contributed by atoms with van der Waals surface area (Å²) >= 11 is 0. The Labute approximate surface area is 149 Å². The number of amides is 1. The Hall–Kier alpha value is -2.59. The lowest BCUT2D eigenvalue weighted by molar-refractivity contribution is 0.0647. The molecule has 1 saturated heterocycles. The number of carbonyl (C=O) groups excluding carboxylic acids is 1. The van der Waals surface area contributed by atoms with Crippen molar-refractivity contribution in [2.24, 2.45) is 0 Å².